The standard InChI is InChI=1S/C20H22N2O3S/c1-16-7-5-6-10-18(16)22-15-20(13-19(22)23)11-12-21(14-20)26(24,25)17-8-3-2-4-9-17/h2-10H,11-15H2,1H3/t20-/m1/s1. The summed E-state index contributed by atoms with van der Waals surface area (Å²) < 4.78 is 27.3. The molecule has 0 bridgehead atoms. The summed E-state index contributed by atoms with van der Waals surface area (Å²) in [6.07, 6.45) is 1.12. The number of nitrogens with zero attached hydrogens (tertiary/aromatic N) is 2. The van der Waals surface area contributed by atoms with Gasteiger partial charge in [-0.3, -0.25) is 4.79 Å². The molecule has 0 saturated carbocycles. The molecule has 2 aliphatic heterocycles. The number of para-hydroxylation sites is 1. The van der Waals surface area contributed by atoms with Gasteiger partial charge in [0.05, 0.1) is 4.90 Å². The molecule has 6 heteroatoms. The molecular formula is C20H22N2O3S. The van der Waals surface area contributed by atoms with Crippen LogP contribution in [-0.2, 0) is 14.8 Å². The summed E-state index contributed by atoms with van der Waals surface area (Å²) in [6, 6.07) is 16.4. The molecule has 136 valence electrons. The summed E-state index contributed by atoms with van der Waals surface area (Å²) in [4.78, 5) is 14.8. The number of benzene rings is 2. The smallest absolute Gasteiger partial charge is 0.243 e. The van der Waals surface area contributed by atoms with Gasteiger partial charge < -0.3 is 4.90 Å². The van der Waals surface area contributed by atoms with E-state index < -0.39 is 10.0 Å². The second-order valence-corrected chi connectivity index (χ2v) is 9.28. The third-order valence-electron chi connectivity index (χ3n) is 5.51. The molecule has 2 heterocycles. The molecule has 1 spiro atoms. The molecule has 0 N–H and O–H groups in total. The highest BCUT2D eigenvalue weighted by atomic mass is 32.2. The number of aryl methyl sites for hydroxylation is 1. The van der Waals surface area contributed by atoms with Crippen molar-refractivity contribution in [3.63, 3.8) is 0 Å². The van der Waals surface area contributed by atoms with E-state index in [0.717, 1.165) is 11.3 Å². The molecule has 0 unspecified atom stereocenters. The first-order valence-corrected chi connectivity index (χ1v) is 10.3. The monoisotopic (exact) mass is 370 g/mol. The molecule has 1 atom stereocenters. The summed E-state index contributed by atoms with van der Waals surface area (Å²) in [5.41, 5.74) is 1.70. The van der Waals surface area contributed by atoms with E-state index in [4.69, 9.17) is 0 Å². The number of carbonyl (C=O) groups excluding carboxylic acids is 1. The number of hydrogen-bond donors (Lipinski definition) is 0. The largest absolute Gasteiger partial charge is 0.312 e. The Morgan fingerprint density at radius 3 is 2.38 bits per heavy atom. The van der Waals surface area contributed by atoms with Crippen LogP contribution in [0.4, 0.5) is 5.69 Å². The molecule has 2 aromatic carbocycles. The molecule has 2 aromatic rings. The summed E-state index contributed by atoms with van der Waals surface area (Å²) in [5, 5.41) is 0. The molecule has 2 aliphatic rings. The second kappa shape index (κ2) is 6.21. The first-order valence-electron chi connectivity index (χ1n) is 8.83. The van der Waals surface area contributed by atoms with Gasteiger partial charge in [0.1, 0.15) is 0 Å². The lowest BCUT2D eigenvalue weighted by Crippen LogP contribution is -2.34. The Bertz CT molecular complexity index is 943. The zero-order chi connectivity index (χ0) is 18.4. The zero-order valence-corrected chi connectivity index (χ0v) is 15.6. The van der Waals surface area contributed by atoms with E-state index in [-0.39, 0.29) is 11.3 Å². The van der Waals surface area contributed by atoms with Crippen LogP contribution in [0.2, 0.25) is 0 Å². The van der Waals surface area contributed by atoms with Crippen LogP contribution in [0.1, 0.15) is 18.4 Å². The van der Waals surface area contributed by atoms with E-state index in [0.29, 0.717) is 37.4 Å². The average molecular weight is 370 g/mol. The topological polar surface area (TPSA) is 57.7 Å². The van der Waals surface area contributed by atoms with Crippen LogP contribution in [0.25, 0.3) is 0 Å². The van der Waals surface area contributed by atoms with E-state index in [9.17, 15) is 13.2 Å². The van der Waals surface area contributed by atoms with Gasteiger partial charge >= 0.3 is 0 Å². The zero-order valence-electron chi connectivity index (χ0n) is 14.8. The van der Waals surface area contributed by atoms with E-state index in [1.807, 2.05) is 36.1 Å². The van der Waals surface area contributed by atoms with Crippen molar-refractivity contribution in [1.82, 2.24) is 4.31 Å². The third-order valence-corrected chi connectivity index (χ3v) is 7.37. The fraction of sp³-hybridized carbons (Fsp3) is 0.350. The number of carbonyl (C=O) groups is 1. The van der Waals surface area contributed by atoms with Crippen molar-refractivity contribution in [2.24, 2.45) is 5.41 Å². The lowest BCUT2D eigenvalue weighted by Gasteiger charge is -2.25. The summed E-state index contributed by atoms with van der Waals surface area (Å²) in [6.45, 7) is 3.44. The van der Waals surface area contributed by atoms with Crippen LogP contribution in [0.3, 0.4) is 0 Å². The fourth-order valence-electron chi connectivity index (χ4n) is 4.10. The summed E-state index contributed by atoms with van der Waals surface area (Å²) >= 11 is 0. The second-order valence-electron chi connectivity index (χ2n) is 7.34. The first kappa shape index (κ1) is 17.2. The van der Waals surface area contributed by atoms with Crippen molar-refractivity contribution in [2.75, 3.05) is 24.5 Å². The maximum absolute atomic E-state index is 12.9. The maximum atomic E-state index is 12.9. The van der Waals surface area contributed by atoms with Gasteiger partial charge in [-0.25, -0.2) is 8.42 Å². The number of rotatable bonds is 3. The maximum Gasteiger partial charge on any atom is 0.243 e. The SMILES string of the molecule is Cc1ccccc1N1C[C@]2(CCN(S(=O)(=O)c3ccccc3)C2)CC1=O. The van der Waals surface area contributed by atoms with Gasteiger partial charge in [0.15, 0.2) is 0 Å². The van der Waals surface area contributed by atoms with Gasteiger partial charge in [0.25, 0.3) is 0 Å². The molecular weight excluding hydrogens is 348 g/mol. The minimum Gasteiger partial charge on any atom is -0.312 e. The van der Waals surface area contributed by atoms with Gasteiger partial charge in [-0.15, -0.1) is 0 Å². The Morgan fingerprint density at radius 2 is 1.65 bits per heavy atom. The Hall–Kier alpha value is -2.18. The van der Waals surface area contributed by atoms with E-state index in [2.05, 4.69) is 0 Å². The van der Waals surface area contributed by atoms with Gasteiger partial charge in [0.2, 0.25) is 15.9 Å². The first-order chi connectivity index (χ1) is 12.4. The Kier molecular flexibility index (Phi) is 4.12. The molecule has 2 saturated heterocycles. The Morgan fingerprint density at radius 1 is 0.962 bits per heavy atom. The molecule has 5 nitrogen and oxygen atoms in total. The third kappa shape index (κ3) is 2.83. The van der Waals surface area contributed by atoms with Crippen LogP contribution in [0.5, 0.6) is 0 Å². The molecule has 2 fully saturated rings. The molecule has 4 rings (SSSR count). The van der Waals surface area contributed by atoms with Crippen molar-refractivity contribution in [3.05, 3.63) is 60.2 Å². The highest BCUT2D eigenvalue weighted by Crippen LogP contribution is 2.43. The predicted octanol–water partition coefficient (Wildman–Crippen LogP) is 2.81. The minimum absolute atomic E-state index is 0.0817. The number of anilines is 1. The fourth-order valence-corrected chi connectivity index (χ4v) is 5.67. The average Bonchev–Trinajstić information content (AvgIpc) is 3.20. The minimum atomic E-state index is -3.51. The molecule has 0 radical (unpaired) electrons. The lowest BCUT2D eigenvalue weighted by molar-refractivity contribution is -0.117. The highest BCUT2D eigenvalue weighted by Gasteiger charge is 2.50. The van der Waals surface area contributed by atoms with Crippen molar-refractivity contribution in [1.29, 1.82) is 0 Å². The van der Waals surface area contributed by atoms with Crippen molar-refractivity contribution in [3.8, 4) is 0 Å². The highest BCUT2D eigenvalue weighted by molar-refractivity contribution is 7.89. The van der Waals surface area contributed by atoms with Crippen LogP contribution < -0.4 is 4.90 Å². The Labute approximate surface area is 154 Å². The van der Waals surface area contributed by atoms with E-state index in [1.165, 1.54) is 4.31 Å². The number of amides is 1. The van der Waals surface area contributed by atoms with Crippen molar-refractivity contribution in [2.45, 2.75) is 24.7 Å². The van der Waals surface area contributed by atoms with Crippen LogP contribution in [-0.4, -0.2) is 38.3 Å². The van der Waals surface area contributed by atoms with Crippen molar-refractivity contribution >= 4 is 21.6 Å². The number of sulfonamides is 1. The summed E-state index contributed by atoms with van der Waals surface area (Å²) in [5.74, 6) is 0.0817. The van der Waals surface area contributed by atoms with Gasteiger partial charge in [-0.05, 0) is 37.1 Å². The molecule has 26 heavy (non-hydrogen) atoms. The van der Waals surface area contributed by atoms with Crippen LogP contribution in [0.15, 0.2) is 59.5 Å². The van der Waals surface area contributed by atoms with Crippen LogP contribution in [0, 0.1) is 12.3 Å². The molecule has 1 amide bonds. The summed E-state index contributed by atoms with van der Waals surface area (Å²) in [7, 11) is -3.51. The Balaban J connectivity index is 1.57. The molecule has 0 aromatic heterocycles. The molecule has 0 aliphatic carbocycles. The van der Waals surface area contributed by atoms with Crippen LogP contribution >= 0.6 is 0 Å². The van der Waals surface area contributed by atoms with Gasteiger partial charge in [-0.2, -0.15) is 4.31 Å². The normalized spacial score (nSPS) is 23.9. The quantitative estimate of drug-likeness (QED) is 0.835. The van der Waals surface area contributed by atoms with E-state index >= 15 is 0 Å². The van der Waals surface area contributed by atoms with Gasteiger partial charge in [0, 0.05) is 37.2 Å². The predicted molar refractivity (Wildman–Crippen MR) is 100 cm³/mol. The van der Waals surface area contributed by atoms with Gasteiger partial charge in [-0.1, -0.05) is 36.4 Å². The number of hydrogen-bond acceptors (Lipinski definition) is 3. The van der Waals surface area contributed by atoms with Crippen molar-refractivity contribution < 1.29 is 13.2 Å². The lowest BCUT2D eigenvalue weighted by atomic mass is 9.86. The van der Waals surface area contributed by atoms with E-state index in [1.54, 1.807) is 30.3 Å².